The summed E-state index contributed by atoms with van der Waals surface area (Å²) in [6.07, 6.45) is 2.56. The highest BCUT2D eigenvalue weighted by Gasteiger charge is 2.13. The minimum Gasteiger partial charge on any atom is -0.372 e. The Morgan fingerprint density at radius 3 is 2.57 bits per heavy atom. The van der Waals surface area contributed by atoms with Gasteiger partial charge >= 0.3 is 0 Å². The molecule has 1 aliphatic heterocycles. The lowest BCUT2D eigenvalue weighted by Gasteiger charge is -2.17. The number of hydrogen-bond donors (Lipinski definition) is 1. The lowest BCUT2D eigenvalue weighted by molar-refractivity contribution is 0.827. The van der Waals surface area contributed by atoms with E-state index in [1.807, 2.05) is 12.3 Å². The van der Waals surface area contributed by atoms with E-state index in [1.54, 1.807) is 6.07 Å². The summed E-state index contributed by atoms with van der Waals surface area (Å²) in [6, 6.07) is 10.1. The van der Waals surface area contributed by atoms with Gasteiger partial charge in [0, 0.05) is 41.5 Å². The second kappa shape index (κ2) is 5.70. The van der Waals surface area contributed by atoms with Gasteiger partial charge in [-0.3, -0.25) is 9.89 Å². The molecule has 3 heterocycles. The van der Waals surface area contributed by atoms with E-state index in [2.05, 4.69) is 39.2 Å². The van der Waals surface area contributed by atoms with Gasteiger partial charge in [-0.2, -0.15) is 4.68 Å². The predicted octanol–water partition coefficient (Wildman–Crippen LogP) is 3.20. The third kappa shape index (κ3) is 2.70. The van der Waals surface area contributed by atoms with Crippen LogP contribution in [0.15, 0.2) is 40.5 Å². The maximum absolute atomic E-state index is 11.9. The summed E-state index contributed by atoms with van der Waals surface area (Å²) >= 11 is 1.46. The average molecular weight is 326 g/mol. The molecule has 0 saturated carbocycles. The number of benzene rings is 1. The molecule has 0 unspecified atom stereocenters. The molecule has 0 atom stereocenters. The number of aromatic amines is 1. The van der Waals surface area contributed by atoms with Crippen LogP contribution in [-0.2, 0) is 0 Å². The Hall–Kier alpha value is -2.34. The van der Waals surface area contributed by atoms with E-state index >= 15 is 0 Å². The molecule has 0 bridgehead atoms. The minimum absolute atomic E-state index is 0.0761. The lowest BCUT2D eigenvalue weighted by Crippen LogP contribution is -2.17. The van der Waals surface area contributed by atoms with Gasteiger partial charge < -0.3 is 4.90 Å². The zero-order chi connectivity index (χ0) is 15.8. The van der Waals surface area contributed by atoms with E-state index in [9.17, 15) is 4.79 Å². The van der Waals surface area contributed by atoms with Crippen LogP contribution in [0.25, 0.3) is 16.4 Å². The smallest absolute Gasteiger partial charge is 0.273 e. The Labute approximate surface area is 138 Å². The minimum atomic E-state index is -0.0761. The van der Waals surface area contributed by atoms with Crippen molar-refractivity contribution in [3.63, 3.8) is 0 Å². The first kappa shape index (κ1) is 14.3. The van der Waals surface area contributed by atoms with Crippen LogP contribution in [0.2, 0.25) is 0 Å². The van der Waals surface area contributed by atoms with Crippen LogP contribution in [0.5, 0.6) is 0 Å². The number of rotatable bonds is 3. The van der Waals surface area contributed by atoms with Gasteiger partial charge in [-0.1, -0.05) is 12.1 Å². The Kier molecular flexibility index (Phi) is 3.53. The van der Waals surface area contributed by atoms with Gasteiger partial charge in [-0.05, 0) is 31.9 Å². The fraction of sp³-hybridized carbons (Fsp3) is 0.294. The van der Waals surface area contributed by atoms with Gasteiger partial charge in [0.05, 0.1) is 5.69 Å². The molecule has 23 heavy (non-hydrogen) atoms. The van der Waals surface area contributed by atoms with Crippen LogP contribution < -0.4 is 10.5 Å². The van der Waals surface area contributed by atoms with Gasteiger partial charge in [-0.25, -0.2) is 4.98 Å². The average Bonchev–Trinajstić information content (AvgIpc) is 3.28. The van der Waals surface area contributed by atoms with Gasteiger partial charge in [0.1, 0.15) is 0 Å². The van der Waals surface area contributed by atoms with Crippen LogP contribution in [0, 0.1) is 6.92 Å². The van der Waals surface area contributed by atoms with Gasteiger partial charge in [0.15, 0.2) is 0 Å². The summed E-state index contributed by atoms with van der Waals surface area (Å²) in [4.78, 5) is 18.9. The second-order valence-corrected chi connectivity index (χ2v) is 6.71. The van der Waals surface area contributed by atoms with Crippen LogP contribution in [0.3, 0.4) is 0 Å². The number of anilines is 1. The molecule has 5 nitrogen and oxygen atoms in total. The van der Waals surface area contributed by atoms with Crippen molar-refractivity contribution in [1.82, 2.24) is 14.8 Å². The zero-order valence-electron chi connectivity index (χ0n) is 13.0. The molecule has 1 fully saturated rings. The lowest BCUT2D eigenvalue weighted by atomic mass is 10.1. The van der Waals surface area contributed by atoms with Gasteiger partial charge in [0.25, 0.3) is 5.56 Å². The van der Waals surface area contributed by atoms with Crippen molar-refractivity contribution < 1.29 is 0 Å². The molecule has 1 N–H and O–H groups in total. The van der Waals surface area contributed by atoms with Crippen molar-refractivity contribution in [2.75, 3.05) is 18.0 Å². The standard InChI is InChI=1S/C17H18N4OS/c1-12-10-16(22)21(19-12)17-18-15(11-23-17)13-4-6-14(7-5-13)20-8-2-3-9-20/h4-7,10-11,19H,2-3,8-9H2,1H3. The maximum atomic E-state index is 11.9. The molecule has 3 aromatic rings. The number of thiazole rings is 1. The summed E-state index contributed by atoms with van der Waals surface area (Å²) in [5.41, 5.74) is 4.01. The molecule has 1 saturated heterocycles. The first-order chi connectivity index (χ1) is 11.2. The van der Waals surface area contributed by atoms with E-state index in [1.165, 1.54) is 34.5 Å². The van der Waals surface area contributed by atoms with Crippen LogP contribution >= 0.6 is 11.3 Å². The second-order valence-electron chi connectivity index (χ2n) is 5.87. The highest BCUT2D eigenvalue weighted by Crippen LogP contribution is 2.27. The molecular formula is C17H18N4OS. The number of H-pyrrole nitrogens is 1. The molecule has 6 heteroatoms. The molecule has 0 aliphatic carbocycles. The number of nitrogens with one attached hydrogen (secondary N) is 1. The summed E-state index contributed by atoms with van der Waals surface area (Å²) in [5.74, 6) is 0. The summed E-state index contributed by atoms with van der Waals surface area (Å²) in [5, 5.41) is 5.67. The zero-order valence-corrected chi connectivity index (χ0v) is 13.8. The molecule has 0 radical (unpaired) electrons. The third-order valence-corrected chi connectivity index (χ3v) is 4.99. The van der Waals surface area contributed by atoms with E-state index in [0.29, 0.717) is 5.13 Å². The largest absolute Gasteiger partial charge is 0.372 e. The SMILES string of the molecule is Cc1cc(=O)n(-c2nc(-c3ccc(N4CCCC4)cc3)cs2)[nH]1. The molecule has 0 amide bonds. The highest BCUT2D eigenvalue weighted by atomic mass is 32.1. The number of aromatic nitrogens is 3. The topological polar surface area (TPSA) is 53.9 Å². The van der Waals surface area contributed by atoms with Crippen LogP contribution in [0.4, 0.5) is 5.69 Å². The molecule has 4 rings (SSSR count). The molecule has 2 aromatic heterocycles. The van der Waals surface area contributed by atoms with E-state index in [4.69, 9.17) is 0 Å². The Balaban J connectivity index is 1.61. The monoisotopic (exact) mass is 326 g/mol. The number of aryl methyl sites for hydroxylation is 1. The number of hydrogen-bond acceptors (Lipinski definition) is 4. The van der Waals surface area contributed by atoms with Crippen LogP contribution in [0.1, 0.15) is 18.5 Å². The molecule has 1 aliphatic rings. The quantitative estimate of drug-likeness (QED) is 0.804. The van der Waals surface area contributed by atoms with Crippen molar-refractivity contribution in [1.29, 1.82) is 0 Å². The summed E-state index contributed by atoms with van der Waals surface area (Å²) in [7, 11) is 0. The molecule has 118 valence electrons. The highest BCUT2D eigenvalue weighted by molar-refractivity contribution is 7.12. The van der Waals surface area contributed by atoms with E-state index < -0.39 is 0 Å². The van der Waals surface area contributed by atoms with Gasteiger partial charge in [-0.15, -0.1) is 11.3 Å². The normalized spacial score (nSPS) is 14.6. The van der Waals surface area contributed by atoms with Crippen molar-refractivity contribution in [2.24, 2.45) is 0 Å². The molecule has 1 aromatic carbocycles. The third-order valence-electron chi connectivity index (χ3n) is 4.17. The summed E-state index contributed by atoms with van der Waals surface area (Å²) in [6.45, 7) is 4.16. The molecule has 0 spiro atoms. The van der Waals surface area contributed by atoms with Crippen LogP contribution in [-0.4, -0.2) is 27.9 Å². The first-order valence-electron chi connectivity index (χ1n) is 7.81. The van der Waals surface area contributed by atoms with Crippen molar-refractivity contribution in [2.45, 2.75) is 19.8 Å². The van der Waals surface area contributed by atoms with Crippen molar-refractivity contribution >= 4 is 17.0 Å². The van der Waals surface area contributed by atoms with E-state index in [0.717, 1.165) is 30.0 Å². The van der Waals surface area contributed by atoms with Gasteiger partial charge in [0.2, 0.25) is 5.13 Å². The fourth-order valence-corrected chi connectivity index (χ4v) is 3.77. The molecular weight excluding hydrogens is 308 g/mol. The fourth-order valence-electron chi connectivity index (χ4n) is 2.97. The predicted molar refractivity (Wildman–Crippen MR) is 93.7 cm³/mol. The number of nitrogens with zero attached hydrogens (tertiary/aromatic N) is 3. The Bertz CT molecular complexity index is 869. The van der Waals surface area contributed by atoms with E-state index in [-0.39, 0.29) is 5.56 Å². The first-order valence-corrected chi connectivity index (χ1v) is 8.69. The Morgan fingerprint density at radius 2 is 1.91 bits per heavy atom. The Morgan fingerprint density at radius 1 is 1.17 bits per heavy atom. The summed E-state index contributed by atoms with van der Waals surface area (Å²) < 4.78 is 1.49. The maximum Gasteiger partial charge on any atom is 0.273 e. The van der Waals surface area contributed by atoms with Crippen molar-refractivity contribution in [3.8, 4) is 16.4 Å². The van der Waals surface area contributed by atoms with Crippen molar-refractivity contribution in [3.05, 3.63) is 51.8 Å².